The van der Waals surface area contributed by atoms with Crippen LogP contribution in [0, 0.1) is 0 Å². The zero-order valence-electron chi connectivity index (χ0n) is 15.3. The number of anilines is 2. The molecule has 0 saturated heterocycles. The van der Waals surface area contributed by atoms with Crippen molar-refractivity contribution in [2.75, 3.05) is 11.9 Å². The van der Waals surface area contributed by atoms with Gasteiger partial charge >= 0.3 is 7.60 Å². The minimum Gasteiger partial charge on any atom is -0.355 e. The molecule has 1 aromatic heterocycles. The number of pyridine rings is 1. The Morgan fingerprint density at radius 2 is 1.81 bits per heavy atom. The molecular weight excluding hydrogens is 365 g/mol. The maximum Gasteiger partial charge on any atom is 0.350 e. The largest absolute Gasteiger partial charge is 0.355 e. The molecule has 1 amide bonds. The van der Waals surface area contributed by atoms with Crippen LogP contribution in [-0.4, -0.2) is 28.2 Å². The average molecular weight is 389 g/mol. The lowest BCUT2D eigenvalue weighted by Crippen LogP contribution is -2.33. The Morgan fingerprint density at radius 3 is 2.41 bits per heavy atom. The number of benzene rings is 1. The molecule has 144 valence electrons. The SMILES string of the molecule is CCOP(=O)(O)C(CC)NC(=O)/C=C/c1ccc(Nc2ccncc2)cc1. The highest BCUT2D eigenvalue weighted by Crippen LogP contribution is 2.47. The van der Waals surface area contributed by atoms with Crippen LogP contribution in [0.5, 0.6) is 0 Å². The number of carbonyl (C=O) groups is 1. The van der Waals surface area contributed by atoms with Gasteiger partial charge in [-0.3, -0.25) is 14.3 Å². The van der Waals surface area contributed by atoms with Gasteiger partial charge in [0.05, 0.1) is 6.61 Å². The van der Waals surface area contributed by atoms with Gasteiger partial charge in [-0.1, -0.05) is 19.1 Å². The lowest BCUT2D eigenvalue weighted by molar-refractivity contribution is -0.116. The van der Waals surface area contributed by atoms with Crippen molar-refractivity contribution in [3.63, 3.8) is 0 Å². The van der Waals surface area contributed by atoms with Crippen molar-refractivity contribution in [2.24, 2.45) is 0 Å². The Balaban J connectivity index is 1.94. The van der Waals surface area contributed by atoms with Crippen molar-refractivity contribution < 1.29 is 18.8 Å². The van der Waals surface area contributed by atoms with Gasteiger partial charge < -0.3 is 20.1 Å². The summed E-state index contributed by atoms with van der Waals surface area (Å²) in [4.78, 5) is 25.9. The molecule has 2 atom stereocenters. The second-order valence-electron chi connectivity index (χ2n) is 5.73. The van der Waals surface area contributed by atoms with Crippen LogP contribution in [0.2, 0.25) is 0 Å². The molecule has 0 spiro atoms. The maximum atomic E-state index is 12.0. The van der Waals surface area contributed by atoms with Crippen molar-refractivity contribution in [3.05, 3.63) is 60.4 Å². The van der Waals surface area contributed by atoms with E-state index in [9.17, 15) is 14.3 Å². The molecule has 0 radical (unpaired) electrons. The van der Waals surface area contributed by atoms with Crippen LogP contribution in [0.1, 0.15) is 25.8 Å². The molecule has 0 aliphatic heterocycles. The summed E-state index contributed by atoms with van der Waals surface area (Å²) in [5.41, 5.74) is 2.67. The fourth-order valence-corrected chi connectivity index (χ4v) is 3.65. The summed E-state index contributed by atoms with van der Waals surface area (Å²) in [5.74, 6) is -1.38. The number of nitrogens with zero attached hydrogens (tertiary/aromatic N) is 1. The van der Waals surface area contributed by atoms with Gasteiger partial charge in [-0.05, 0) is 49.2 Å². The van der Waals surface area contributed by atoms with E-state index in [4.69, 9.17) is 4.52 Å². The van der Waals surface area contributed by atoms with E-state index < -0.39 is 19.3 Å². The van der Waals surface area contributed by atoms with Crippen molar-refractivity contribution in [3.8, 4) is 0 Å². The van der Waals surface area contributed by atoms with Crippen molar-refractivity contribution in [1.29, 1.82) is 0 Å². The number of amides is 1. The van der Waals surface area contributed by atoms with Gasteiger partial charge in [0, 0.05) is 29.8 Å². The highest BCUT2D eigenvalue weighted by atomic mass is 31.2. The molecule has 0 aliphatic rings. The molecule has 27 heavy (non-hydrogen) atoms. The average Bonchev–Trinajstić information content (AvgIpc) is 2.66. The molecule has 0 fully saturated rings. The maximum absolute atomic E-state index is 12.0. The standard InChI is InChI=1S/C19H24N3O4P/c1-3-19(27(24,25)26-4-2)22-18(23)10-7-15-5-8-16(9-6-15)21-17-11-13-20-14-12-17/h5-14,19H,3-4H2,1-2H3,(H,20,21)(H,22,23)(H,24,25)/b10-7+. The van der Waals surface area contributed by atoms with Crippen LogP contribution in [0.25, 0.3) is 6.08 Å². The van der Waals surface area contributed by atoms with Crippen LogP contribution < -0.4 is 10.6 Å². The van der Waals surface area contributed by atoms with E-state index in [1.54, 1.807) is 32.3 Å². The summed E-state index contributed by atoms with van der Waals surface area (Å²) in [6.07, 6.45) is 6.68. The minimum atomic E-state index is -3.87. The Morgan fingerprint density at radius 1 is 1.19 bits per heavy atom. The van der Waals surface area contributed by atoms with Gasteiger partial charge in [0.2, 0.25) is 5.91 Å². The van der Waals surface area contributed by atoms with Crippen molar-refractivity contribution >= 4 is 31.0 Å². The van der Waals surface area contributed by atoms with E-state index >= 15 is 0 Å². The summed E-state index contributed by atoms with van der Waals surface area (Å²) in [6.45, 7) is 3.45. The van der Waals surface area contributed by atoms with E-state index in [0.717, 1.165) is 16.9 Å². The predicted molar refractivity (Wildman–Crippen MR) is 107 cm³/mol. The predicted octanol–water partition coefficient (Wildman–Crippen LogP) is 3.91. The van der Waals surface area contributed by atoms with Crippen LogP contribution in [0.4, 0.5) is 11.4 Å². The Labute approximate surface area is 159 Å². The van der Waals surface area contributed by atoms with E-state index in [-0.39, 0.29) is 6.61 Å². The molecule has 7 nitrogen and oxygen atoms in total. The second-order valence-corrected chi connectivity index (χ2v) is 7.74. The van der Waals surface area contributed by atoms with Gasteiger partial charge in [0.15, 0.2) is 0 Å². The molecule has 0 aliphatic carbocycles. The monoisotopic (exact) mass is 389 g/mol. The number of hydrogen-bond acceptors (Lipinski definition) is 5. The summed E-state index contributed by atoms with van der Waals surface area (Å²) in [6, 6.07) is 11.2. The first-order chi connectivity index (χ1) is 12.9. The first kappa shape index (κ1) is 20.8. The molecule has 2 unspecified atom stereocenters. The van der Waals surface area contributed by atoms with Crippen LogP contribution in [0.3, 0.4) is 0 Å². The van der Waals surface area contributed by atoms with Gasteiger partial charge in [-0.15, -0.1) is 0 Å². The molecule has 3 N–H and O–H groups in total. The third-order valence-corrected chi connectivity index (χ3v) is 5.62. The molecule has 8 heteroatoms. The van der Waals surface area contributed by atoms with E-state index in [0.29, 0.717) is 6.42 Å². The second kappa shape index (κ2) is 10.0. The van der Waals surface area contributed by atoms with Crippen LogP contribution in [0.15, 0.2) is 54.9 Å². The van der Waals surface area contributed by atoms with Crippen LogP contribution in [-0.2, 0) is 13.9 Å². The lowest BCUT2D eigenvalue weighted by atomic mass is 10.2. The molecule has 1 aromatic carbocycles. The topological polar surface area (TPSA) is 101 Å². The Bertz CT molecular complexity index is 809. The first-order valence-corrected chi connectivity index (χ1v) is 10.3. The third-order valence-electron chi connectivity index (χ3n) is 3.71. The number of hydrogen-bond donors (Lipinski definition) is 3. The highest BCUT2D eigenvalue weighted by Gasteiger charge is 2.31. The highest BCUT2D eigenvalue weighted by molar-refractivity contribution is 7.53. The van der Waals surface area contributed by atoms with Crippen molar-refractivity contribution in [2.45, 2.75) is 26.1 Å². The van der Waals surface area contributed by atoms with Gasteiger partial charge in [-0.25, -0.2) is 0 Å². The summed E-state index contributed by atoms with van der Waals surface area (Å²) < 4.78 is 16.9. The quantitative estimate of drug-likeness (QED) is 0.444. The number of carbonyl (C=O) groups excluding carboxylic acids is 1. The van der Waals surface area contributed by atoms with E-state index in [2.05, 4.69) is 15.6 Å². The van der Waals surface area contributed by atoms with Crippen molar-refractivity contribution in [1.82, 2.24) is 10.3 Å². The lowest BCUT2D eigenvalue weighted by Gasteiger charge is -2.21. The number of rotatable bonds is 9. The van der Waals surface area contributed by atoms with E-state index in [1.807, 2.05) is 36.4 Å². The third kappa shape index (κ3) is 6.64. The molecular formula is C19H24N3O4P. The number of nitrogens with one attached hydrogen (secondary N) is 2. The Hall–Kier alpha value is -2.47. The zero-order chi connectivity index (χ0) is 19.7. The Kier molecular flexibility index (Phi) is 7.73. The summed E-state index contributed by atoms with van der Waals surface area (Å²) in [5, 5.41) is 5.77. The first-order valence-electron chi connectivity index (χ1n) is 8.67. The molecule has 2 rings (SSSR count). The summed E-state index contributed by atoms with van der Waals surface area (Å²) >= 11 is 0. The van der Waals surface area contributed by atoms with Gasteiger partial charge in [-0.2, -0.15) is 0 Å². The van der Waals surface area contributed by atoms with Gasteiger partial charge in [0.25, 0.3) is 0 Å². The zero-order valence-corrected chi connectivity index (χ0v) is 16.2. The van der Waals surface area contributed by atoms with Gasteiger partial charge in [0.1, 0.15) is 5.78 Å². The molecule has 0 saturated carbocycles. The fraction of sp³-hybridized carbons (Fsp3) is 0.263. The number of aromatic nitrogens is 1. The fourth-order valence-electron chi connectivity index (χ4n) is 2.35. The molecule has 0 bridgehead atoms. The molecule has 2 aromatic rings. The minimum absolute atomic E-state index is 0.107. The van der Waals surface area contributed by atoms with Crippen LogP contribution >= 0.6 is 7.60 Å². The molecule has 1 heterocycles. The summed E-state index contributed by atoms with van der Waals surface area (Å²) in [7, 11) is -3.87. The smallest absolute Gasteiger partial charge is 0.350 e. The normalized spacial score (nSPS) is 14.5. The van der Waals surface area contributed by atoms with E-state index in [1.165, 1.54) is 6.08 Å².